The lowest BCUT2D eigenvalue weighted by atomic mass is 10.1. The minimum atomic E-state index is -0.889. The maximum atomic E-state index is 11.2. The van der Waals surface area contributed by atoms with Gasteiger partial charge in [-0.3, -0.25) is 4.79 Å². The first-order chi connectivity index (χ1) is 9.88. The van der Waals surface area contributed by atoms with Gasteiger partial charge in [-0.2, -0.15) is 0 Å². The molecule has 0 aliphatic rings. The van der Waals surface area contributed by atoms with Crippen molar-refractivity contribution in [3.63, 3.8) is 0 Å². The highest BCUT2D eigenvalue weighted by Gasteiger charge is 2.22. The first-order valence-corrected chi connectivity index (χ1v) is 7.07. The van der Waals surface area contributed by atoms with E-state index in [1.54, 1.807) is 17.0 Å². The van der Waals surface area contributed by atoms with Crippen LogP contribution in [0.2, 0.25) is 5.02 Å². The van der Waals surface area contributed by atoms with E-state index < -0.39 is 5.97 Å². The quantitative estimate of drug-likeness (QED) is 0.899. The van der Waals surface area contributed by atoms with Gasteiger partial charge in [0, 0.05) is 16.3 Å². The van der Waals surface area contributed by atoms with Crippen LogP contribution >= 0.6 is 11.6 Å². The molecule has 1 aromatic carbocycles. The number of nitrogens with zero attached hydrogens (tertiary/aromatic N) is 1. The highest BCUT2D eigenvalue weighted by atomic mass is 35.5. The molecular weight excluding hydrogens is 290 g/mol. The summed E-state index contributed by atoms with van der Waals surface area (Å²) in [6, 6.07) is 9.02. The number of aryl methyl sites for hydroxylation is 2. The smallest absolute Gasteiger partial charge is 0.323 e. The normalized spacial score (nSPS) is 12.2. The van der Waals surface area contributed by atoms with E-state index in [4.69, 9.17) is 16.0 Å². The number of hydrogen-bond acceptors (Lipinski definition) is 3. The van der Waals surface area contributed by atoms with Crippen molar-refractivity contribution < 1.29 is 14.3 Å². The van der Waals surface area contributed by atoms with Crippen LogP contribution in [-0.4, -0.2) is 17.6 Å². The van der Waals surface area contributed by atoms with Crippen molar-refractivity contribution in [3.05, 3.63) is 52.4 Å². The summed E-state index contributed by atoms with van der Waals surface area (Å²) in [5, 5.41) is 9.77. The van der Waals surface area contributed by atoms with Gasteiger partial charge in [-0.1, -0.05) is 17.7 Å². The molecule has 0 fully saturated rings. The second-order valence-corrected chi connectivity index (χ2v) is 5.48. The van der Waals surface area contributed by atoms with E-state index in [0.29, 0.717) is 5.02 Å². The van der Waals surface area contributed by atoms with Gasteiger partial charge in [0.15, 0.2) is 0 Å². The molecular formula is C16H18ClNO3. The average molecular weight is 308 g/mol. The average Bonchev–Trinajstić information content (AvgIpc) is 2.74. The number of carboxylic acids is 1. The summed E-state index contributed by atoms with van der Waals surface area (Å²) in [4.78, 5) is 13.0. The lowest BCUT2D eigenvalue weighted by molar-refractivity contribution is -0.135. The highest BCUT2D eigenvalue weighted by Crippen LogP contribution is 2.31. The monoisotopic (exact) mass is 307 g/mol. The topological polar surface area (TPSA) is 53.7 Å². The van der Waals surface area contributed by atoms with Gasteiger partial charge in [0.05, 0.1) is 6.04 Å². The molecule has 0 saturated carbocycles. The van der Waals surface area contributed by atoms with E-state index in [2.05, 4.69) is 0 Å². The number of rotatable bonds is 5. The zero-order chi connectivity index (χ0) is 15.6. The Morgan fingerprint density at radius 2 is 2.10 bits per heavy atom. The zero-order valence-corrected chi connectivity index (χ0v) is 13.0. The van der Waals surface area contributed by atoms with Crippen LogP contribution in [0, 0.1) is 13.8 Å². The van der Waals surface area contributed by atoms with Crippen LogP contribution in [-0.2, 0) is 4.79 Å². The molecule has 4 nitrogen and oxygen atoms in total. The lowest BCUT2D eigenvalue weighted by Crippen LogP contribution is -2.32. The Bertz CT molecular complexity index is 651. The minimum absolute atomic E-state index is 0.106. The van der Waals surface area contributed by atoms with E-state index in [9.17, 15) is 9.90 Å². The molecule has 112 valence electrons. The van der Waals surface area contributed by atoms with Gasteiger partial charge in [-0.05, 0) is 45.0 Å². The number of carboxylic acid groups (broad SMARTS) is 1. The summed E-state index contributed by atoms with van der Waals surface area (Å²) in [5.74, 6) is 0.729. The van der Waals surface area contributed by atoms with Crippen LogP contribution in [0.25, 0.3) is 0 Å². The molecule has 0 aliphatic heterocycles. The Morgan fingerprint density at radius 1 is 1.38 bits per heavy atom. The molecule has 1 aromatic heterocycles. The zero-order valence-electron chi connectivity index (χ0n) is 12.3. The Kier molecular flexibility index (Phi) is 4.58. The number of furan rings is 1. The largest absolute Gasteiger partial charge is 0.480 e. The van der Waals surface area contributed by atoms with Crippen molar-refractivity contribution in [2.24, 2.45) is 0 Å². The predicted molar refractivity (Wildman–Crippen MR) is 83.0 cm³/mol. The Labute approximate surface area is 128 Å². The van der Waals surface area contributed by atoms with E-state index in [1.165, 1.54) is 0 Å². The third-order valence-corrected chi connectivity index (χ3v) is 3.68. The Hall–Kier alpha value is -1.94. The molecule has 1 heterocycles. The van der Waals surface area contributed by atoms with Crippen molar-refractivity contribution in [1.82, 2.24) is 0 Å². The number of anilines is 1. The number of carbonyl (C=O) groups is 1. The number of aliphatic carboxylic acids is 1. The van der Waals surface area contributed by atoms with Crippen LogP contribution in [0.5, 0.6) is 0 Å². The molecule has 0 amide bonds. The summed E-state index contributed by atoms with van der Waals surface area (Å²) in [7, 11) is 0. The van der Waals surface area contributed by atoms with Gasteiger partial charge in [0.2, 0.25) is 0 Å². The van der Waals surface area contributed by atoms with Crippen LogP contribution < -0.4 is 4.90 Å². The van der Waals surface area contributed by atoms with E-state index in [0.717, 1.165) is 22.8 Å². The van der Waals surface area contributed by atoms with E-state index in [1.807, 2.05) is 39.0 Å². The third kappa shape index (κ3) is 3.58. The molecule has 0 saturated heterocycles. The van der Waals surface area contributed by atoms with Gasteiger partial charge in [0.1, 0.15) is 18.1 Å². The summed E-state index contributed by atoms with van der Waals surface area (Å²) in [6.07, 6.45) is 0. The molecule has 0 aliphatic carbocycles. The maximum Gasteiger partial charge on any atom is 0.323 e. The van der Waals surface area contributed by atoms with Crippen LogP contribution in [0.1, 0.15) is 30.0 Å². The van der Waals surface area contributed by atoms with E-state index in [-0.39, 0.29) is 12.6 Å². The van der Waals surface area contributed by atoms with Crippen molar-refractivity contribution >= 4 is 23.3 Å². The summed E-state index contributed by atoms with van der Waals surface area (Å²) >= 11 is 6.02. The van der Waals surface area contributed by atoms with Crippen molar-refractivity contribution in [2.75, 3.05) is 11.4 Å². The molecule has 21 heavy (non-hydrogen) atoms. The summed E-state index contributed by atoms with van der Waals surface area (Å²) in [6.45, 7) is 5.62. The van der Waals surface area contributed by atoms with Gasteiger partial charge in [-0.15, -0.1) is 0 Å². The van der Waals surface area contributed by atoms with Gasteiger partial charge >= 0.3 is 5.97 Å². The molecule has 1 atom stereocenters. The fourth-order valence-corrected chi connectivity index (χ4v) is 2.67. The first-order valence-electron chi connectivity index (χ1n) is 6.69. The molecule has 0 radical (unpaired) electrons. The molecule has 2 aromatic rings. The molecule has 5 heteroatoms. The third-order valence-electron chi connectivity index (χ3n) is 3.44. The Balaban J connectivity index is 2.40. The van der Waals surface area contributed by atoms with Gasteiger partial charge in [0.25, 0.3) is 0 Å². The van der Waals surface area contributed by atoms with Crippen molar-refractivity contribution in [1.29, 1.82) is 0 Å². The second kappa shape index (κ2) is 6.22. The SMILES string of the molecule is Cc1cc(C(C)N(CC(=O)O)c2cccc(Cl)c2)c(C)o1. The van der Waals surface area contributed by atoms with Gasteiger partial charge < -0.3 is 14.4 Å². The first kappa shape index (κ1) is 15.4. The molecule has 0 spiro atoms. The molecule has 1 N–H and O–H groups in total. The lowest BCUT2D eigenvalue weighted by Gasteiger charge is -2.29. The van der Waals surface area contributed by atoms with Crippen LogP contribution in [0.3, 0.4) is 0 Å². The number of benzene rings is 1. The standard InChI is InChI=1S/C16H18ClNO3/c1-10-7-15(12(3)21-10)11(2)18(9-16(19)20)14-6-4-5-13(17)8-14/h4-8,11H,9H2,1-3H3,(H,19,20). The second-order valence-electron chi connectivity index (χ2n) is 5.05. The summed E-state index contributed by atoms with van der Waals surface area (Å²) < 4.78 is 5.55. The van der Waals surface area contributed by atoms with Crippen molar-refractivity contribution in [3.8, 4) is 0 Å². The minimum Gasteiger partial charge on any atom is -0.480 e. The Morgan fingerprint density at radius 3 is 2.62 bits per heavy atom. The fraction of sp³-hybridized carbons (Fsp3) is 0.312. The van der Waals surface area contributed by atoms with Crippen LogP contribution in [0.15, 0.2) is 34.7 Å². The maximum absolute atomic E-state index is 11.2. The van der Waals surface area contributed by atoms with Gasteiger partial charge in [-0.25, -0.2) is 0 Å². The van der Waals surface area contributed by atoms with Crippen molar-refractivity contribution in [2.45, 2.75) is 26.8 Å². The molecule has 1 unspecified atom stereocenters. The fourth-order valence-electron chi connectivity index (χ4n) is 2.49. The number of hydrogen-bond donors (Lipinski definition) is 1. The molecule has 0 bridgehead atoms. The summed E-state index contributed by atoms with van der Waals surface area (Å²) in [5.41, 5.74) is 1.75. The highest BCUT2D eigenvalue weighted by molar-refractivity contribution is 6.30. The molecule has 2 rings (SSSR count). The predicted octanol–water partition coefficient (Wildman–Crippen LogP) is 4.20. The van der Waals surface area contributed by atoms with Crippen LogP contribution in [0.4, 0.5) is 5.69 Å². The van der Waals surface area contributed by atoms with E-state index >= 15 is 0 Å². The number of halogens is 1.